The minimum absolute atomic E-state index is 0.638. The van der Waals surface area contributed by atoms with Crippen LogP contribution in [0.15, 0.2) is 18.2 Å². The molecule has 1 atom stereocenters. The molecule has 0 amide bonds. The Hall–Kier alpha value is -0.810. The monoisotopic (exact) mass is 311 g/mol. The minimum Gasteiger partial charge on any atom is -0.383 e. The van der Waals surface area contributed by atoms with E-state index in [1.807, 2.05) is 0 Å². The van der Waals surface area contributed by atoms with E-state index in [0.29, 0.717) is 6.04 Å². The van der Waals surface area contributed by atoms with Crippen LogP contribution in [0.25, 0.3) is 0 Å². The van der Waals surface area contributed by atoms with E-state index in [2.05, 4.69) is 47.4 Å². The summed E-state index contributed by atoms with van der Waals surface area (Å²) in [5, 5.41) is 4.16. The predicted molar refractivity (Wildman–Crippen MR) is 89.3 cm³/mol. The number of nitrogens with zero attached hydrogens (tertiary/aromatic N) is 2. The summed E-state index contributed by atoms with van der Waals surface area (Å²) in [5.74, 6) is 0. The Bertz CT molecular complexity index is 453. The van der Waals surface area contributed by atoms with Crippen LogP contribution in [0.3, 0.4) is 0 Å². The van der Waals surface area contributed by atoms with Crippen molar-refractivity contribution in [1.82, 2.24) is 10.2 Å². The highest BCUT2D eigenvalue weighted by atomic mass is 35.5. The summed E-state index contributed by atoms with van der Waals surface area (Å²) < 4.78 is 5.02. The van der Waals surface area contributed by atoms with E-state index >= 15 is 0 Å². The Morgan fingerprint density at radius 2 is 2.24 bits per heavy atom. The third-order valence-corrected chi connectivity index (χ3v) is 4.45. The molecule has 0 aliphatic carbocycles. The molecule has 0 saturated carbocycles. The normalized spacial score (nSPS) is 18.7. The van der Waals surface area contributed by atoms with Gasteiger partial charge in [0.25, 0.3) is 0 Å². The van der Waals surface area contributed by atoms with Crippen molar-refractivity contribution in [3.05, 3.63) is 28.8 Å². The SMILES string of the molecule is COCCNCc1ccc(N2CCC(N(C)C)C2)cc1Cl. The Morgan fingerprint density at radius 1 is 1.43 bits per heavy atom. The smallest absolute Gasteiger partial charge is 0.0587 e. The number of hydrogen-bond acceptors (Lipinski definition) is 4. The first-order chi connectivity index (χ1) is 10.1. The molecule has 0 spiro atoms. The summed E-state index contributed by atoms with van der Waals surface area (Å²) in [6.45, 7) is 4.52. The molecule has 1 saturated heterocycles. The highest BCUT2D eigenvalue weighted by molar-refractivity contribution is 6.31. The zero-order chi connectivity index (χ0) is 15.2. The number of nitrogens with one attached hydrogen (secondary N) is 1. The highest BCUT2D eigenvalue weighted by Gasteiger charge is 2.24. The third-order valence-electron chi connectivity index (χ3n) is 4.09. The number of methoxy groups -OCH3 is 1. The van der Waals surface area contributed by atoms with Gasteiger partial charge in [0.15, 0.2) is 0 Å². The largest absolute Gasteiger partial charge is 0.383 e. The van der Waals surface area contributed by atoms with Gasteiger partial charge >= 0.3 is 0 Å². The first kappa shape index (κ1) is 16.6. The van der Waals surface area contributed by atoms with Crippen LogP contribution in [-0.2, 0) is 11.3 Å². The Labute approximate surface area is 133 Å². The van der Waals surface area contributed by atoms with Gasteiger partial charge in [0, 0.05) is 50.0 Å². The van der Waals surface area contributed by atoms with Crippen molar-refractivity contribution in [2.24, 2.45) is 0 Å². The van der Waals surface area contributed by atoms with E-state index < -0.39 is 0 Å². The molecule has 0 radical (unpaired) electrons. The van der Waals surface area contributed by atoms with E-state index in [4.69, 9.17) is 16.3 Å². The molecule has 4 nitrogen and oxygen atoms in total. The lowest BCUT2D eigenvalue weighted by Gasteiger charge is -2.22. The molecule has 21 heavy (non-hydrogen) atoms. The van der Waals surface area contributed by atoms with Gasteiger partial charge < -0.3 is 19.9 Å². The van der Waals surface area contributed by atoms with Gasteiger partial charge in [-0.05, 0) is 38.2 Å². The molecule has 0 aromatic heterocycles. The molecule has 1 aromatic carbocycles. The number of halogens is 1. The van der Waals surface area contributed by atoms with Crippen molar-refractivity contribution in [2.75, 3.05) is 52.3 Å². The average Bonchev–Trinajstić information content (AvgIpc) is 2.95. The fraction of sp³-hybridized carbons (Fsp3) is 0.625. The summed E-state index contributed by atoms with van der Waals surface area (Å²) in [6, 6.07) is 7.03. The maximum atomic E-state index is 6.41. The van der Waals surface area contributed by atoms with E-state index in [9.17, 15) is 0 Å². The molecule has 2 rings (SSSR count). The van der Waals surface area contributed by atoms with Crippen LogP contribution in [0.2, 0.25) is 5.02 Å². The molecule has 1 fully saturated rings. The first-order valence-corrected chi connectivity index (χ1v) is 7.89. The predicted octanol–water partition coefficient (Wildman–Crippen LogP) is 2.22. The third kappa shape index (κ3) is 4.58. The van der Waals surface area contributed by atoms with Crippen LogP contribution in [0.5, 0.6) is 0 Å². The first-order valence-electron chi connectivity index (χ1n) is 7.51. The van der Waals surface area contributed by atoms with E-state index in [-0.39, 0.29) is 0 Å². The molecule has 1 N–H and O–H groups in total. The quantitative estimate of drug-likeness (QED) is 0.782. The Kier molecular flexibility index (Phi) is 6.30. The lowest BCUT2D eigenvalue weighted by molar-refractivity contribution is 0.199. The van der Waals surface area contributed by atoms with Gasteiger partial charge in [0.2, 0.25) is 0 Å². The zero-order valence-electron chi connectivity index (χ0n) is 13.2. The van der Waals surface area contributed by atoms with E-state index in [1.54, 1.807) is 7.11 Å². The molecule has 1 aliphatic rings. The summed E-state index contributed by atoms with van der Waals surface area (Å²) in [5.41, 5.74) is 2.37. The van der Waals surface area contributed by atoms with Crippen molar-refractivity contribution >= 4 is 17.3 Å². The number of hydrogen-bond donors (Lipinski definition) is 1. The van der Waals surface area contributed by atoms with Crippen LogP contribution >= 0.6 is 11.6 Å². The van der Waals surface area contributed by atoms with Gasteiger partial charge in [-0.3, -0.25) is 0 Å². The summed E-state index contributed by atoms with van der Waals surface area (Å²) in [4.78, 5) is 4.72. The second kappa shape index (κ2) is 7.99. The highest BCUT2D eigenvalue weighted by Crippen LogP contribution is 2.27. The van der Waals surface area contributed by atoms with Crippen LogP contribution in [0, 0.1) is 0 Å². The van der Waals surface area contributed by atoms with Crippen molar-refractivity contribution in [3.63, 3.8) is 0 Å². The lowest BCUT2D eigenvalue weighted by atomic mass is 10.2. The Morgan fingerprint density at radius 3 is 2.86 bits per heavy atom. The van der Waals surface area contributed by atoms with Gasteiger partial charge in [-0.2, -0.15) is 0 Å². The lowest BCUT2D eigenvalue weighted by Crippen LogP contribution is -2.31. The summed E-state index contributed by atoms with van der Waals surface area (Å²) in [6.07, 6.45) is 1.21. The number of likely N-dealkylation sites (N-methyl/N-ethyl adjacent to an activating group) is 1. The van der Waals surface area contributed by atoms with Crippen molar-refractivity contribution in [1.29, 1.82) is 0 Å². The molecule has 1 heterocycles. The number of rotatable bonds is 7. The zero-order valence-corrected chi connectivity index (χ0v) is 14.0. The maximum absolute atomic E-state index is 6.41. The summed E-state index contributed by atoms with van der Waals surface area (Å²) in [7, 11) is 6.01. The molecule has 5 heteroatoms. The van der Waals surface area contributed by atoms with Gasteiger partial charge in [0.05, 0.1) is 6.61 Å². The van der Waals surface area contributed by atoms with Gasteiger partial charge in [0.1, 0.15) is 0 Å². The van der Waals surface area contributed by atoms with Crippen molar-refractivity contribution in [2.45, 2.75) is 19.0 Å². The molecule has 118 valence electrons. The molecular weight excluding hydrogens is 286 g/mol. The van der Waals surface area contributed by atoms with Gasteiger partial charge in [-0.15, -0.1) is 0 Å². The second-order valence-corrected chi connectivity index (χ2v) is 6.20. The van der Waals surface area contributed by atoms with Crippen LogP contribution in [0.1, 0.15) is 12.0 Å². The molecule has 1 unspecified atom stereocenters. The number of benzene rings is 1. The van der Waals surface area contributed by atoms with Crippen LogP contribution in [0.4, 0.5) is 5.69 Å². The number of anilines is 1. The molecule has 1 aliphatic heterocycles. The standard InChI is InChI=1S/C16H26ClN3O/c1-19(2)15-6-8-20(12-15)14-5-4-13(16(17)10-14)11-18-7-9-21-3/h4-5,10,15,18H,6-9,11-12H2,1-3H3. The maximum Gasteiger partial charge on any atom is 0.0587 e. The summed E-state index contributed by atoms with van der Waals surface area (Å²) >= 11 is 6.41. The van der Waals surface area contributed by atoms with Crippen LogP contribution in [-0.4, -0.2) is 58.4 Å². The van der Waals surface area contributed by atoms with Crippen LogP contribution < -0.4 is 10.2 Å². The van der Waals surface area contributed by atoms with E-state index in [0.717, 1.165) is 43.4 Å². The van der Waals surface area contributed by atoms with Gasteiger partial charge in [-0.1, -0.05) is 17.7 Å². The topological polar surface area (TPSA) is 27.7 Å². The molecule has 0 bridgehead atoms. The van der Waals surface area contributed by atoms with Crippen molar-refractivity contribution in [3.8, 4) is 0 Å². The Balaban J connectivity index is 1.93. The number of ether oxygens (including phenoxy) is 1. The van der Waals surface area contributed by atoms with Gasteiger partial charge in [-0.25, -0.2) is 0 Å². The van der Waals surface area contributed by atoms with Crippen molar-refractivity contribution < 1.29 is 4.74 Å². The molecule has 1 aromatic rings. The molecular formula is C16H26ClN3O. The second-order valence-electron chi connectivity index (χ2n) is 5.80. The fourth-order valence-corrected chi connectivity index (χ4v) is 2.91. The minimum atomic E-state index is 0.638. The fourth-order valence-electron chi connectivity index (χ4n) is 2.67. The average molecular weight is 312 g/mol. The van der Waals surface area contributed by atoms with E-state index in [1.165, 1.54) is 12.1 Å².